The van der Waals surface area contributed by atoms with Crippen LogP contribution in [-0.2, 0) is 17.5 Å². The molecule has 2 aromatic heterocycles. The van der Waals surface area contributed by atoms with E-state index in [1.165, 1.54) is 30.5 Å². The summed E-state index contributed by atoms with van der Waals surface area (Å²) < 4.78 is 39.9. The molecule has 4 N–H and O–H groups in total. The minimum absolute atomic E-state index is 0.0187. The quantitative estimate of drug-likeness (QED) is 0.273. The molecule has 0 saturated heterocycles. The Hall–Kier alpha value is -5.28. The standard InChI is InChI=1S/C24H18ClF3N10O2/c1-3-6-32-21(39)16-9-14(11-29)8-13(2)19(16)34-22(40)18(33-20-17(25)5-4-7-31-20)10-15(30)12-38-23(24(26,27)28)35-36-37-38/h1,4-5,7-10H,6,12,30H2,2H3,(H,32,39)(H,34,40). The number of carbonyl (C=O) groups excluding carboxylic acids is 2. The van der Waals surface area contributed by atoms with Crippen LogP contribution in [-0.4, -0.2) is 49.3 Å². The van der Waals surface area contributed by atoms with E-state index in [2.05, 4.69) is 42.1 Å². The van der Waals surface area contributed by atoms with E-state index in [4.69, 9.17) is 23.8 Å². The summed E-state index contributed by atoms with van der Waals surface area (Å²) in [5.41, 5.74) is 5.65. The van der Waals surface area contributed by atoms with Gasteiger partial charge in [0.2, 0.25) is 0 Å². The average Bonchev–Trinajstić information content (AvgIpc) is 3.37. The van der Waals surface area contributed by atoms with Gasteiger partial charge < -0.3 is 16.4 Å². The third-order valence-corrected chi connectivity index (χ3v) is 5.23. The fraction of sp³-hybridized carbons (Fsp3) is 0.167. The van der Waals surface area contributed by atoms with Crippen molar-refractivity contribution >= 4 is 40.6 Å². The highest BCUT2D eigenvalue weighted by atomic mass is 35.5. The molecule has 2 heterocycles. The maximum absolute atomic E-state index is 13.4. The predicted molar refractivity (Wildman–Crippen MR) is 137 cm³/mol. The minimum Gasteiger partial charge on any atom is -0.400 e. The number of nitrogens with one attached hydrogen (secondary N) is 2. The molecule has 0 radical (unpaired) electrons. The third kappa shape index (κ3) is 7.18. The Morgan fingerprint density at radius 1 is 1.35 bits per heavy atom. The number of alkyl halides is 3. The van der Waals surface area contributed by atoms with Crippen LogP contribution in [0.1, 0.15) is 27.3 Å². The number of halogens is 4. The first-order chi connectivity index (χ1) is 18.9. The van der Waals surface area contributed by atoms with E-state index < -0.39 is 36.1 Å². The van der Waals surface area contributed by atoms with Crippen LogP contribution < -0.4 is 16.4 Å². The zero-order chi connectivity index (χ0) is 29.4. The topological polar surface area (TPSA) is 177 Å². The number of nitrogens with two attached hydrogens (primary N) is 1. The first-order valence-electron chi connectivity index (χ1n) is 11.0. The van der Waals surface area contributed by atoms with E-state index in [1.807, 2.05) is 6.07 Å². The van der Waals surface area contributed by atoms with E-state index in [1.54, 1.807) is 6.92 Å². The highest BCUT2D eigenvalue weighted by molar-refractivity contribution is 6.48. The molecule has 3 rings (SSSR count). The molecule has 0 fully saturated rings. The van der Waals surface area contributed by atoms with Gasteiger partial charge in [0, 0.05) is 11.9 Å². The number of aromatic nitrogens is 5. The van der Waals surface area contributed by atoms with Crippen molar-refractivity contribution in [3.8, 4) is 18.4 Å². The lowest BCUT2D eigenvalue weighted by molar-refractivity contribution is -0.147. The summed E-state index contributed by atoms with van der Waals surface area (Å²) in [5, 5.41) is 23.6. The van der Waals surface area contributed by atoms with Gasteiger partial charge in [-0.25, -0.2) is 14.7 Å². The van der Waals surface area contributed by atoms with E-state index in [-0.39, 0.29) is 39.9 Å². The van der Waals surface area contributed by atoms with E-state index in [0.717, 1.165) is 6.08 Å². The van der Waals surface area contributed by atoms with Crippen molar-refractivity contribution in [3.63, 3.8) is 0 Å². The lowest BCUT2D eigenvalue weighted by Crippen LogP contribution is -2.28. The predicted octanol–water partition coefficient (Wildman–Crippen LogP) is 2.54. The van der Waals surface area contributed by atoms with Gasteiger partial charge in [-0.3, -0.25) is 9.59 Å². The molecule has 0 aliphatic heterocycles. The first kappa shape index (κ1) is 29.3. The van der Waals surface area contributed by atoms with Gasteiger partial charge in [-0.2, -0.15) is 18.4 Å². The second kappa shape index (κ2) is 12.5. The van der Waals surface area contributed by atoms with Crippen LogP contribution in [0.4, 0.5) is 24.7 Å². The van der Waals surface area contributed by atoms with Gasteiger partial charge in [-0.15, -0.1) is 11.5 Å². The fourth-order valence-corrected chi connectivity index (χ4v) is 3.40. The zero-order valence-corrected chi connectivity index (χ0v) is 21.2. The van der Waals surface area contributed by atoms with Crippen LogP contribution in [0.25, 0.3) is 0 Å². The Balaban J connectivity index is 2.05. The third-order valence-electron chi connectivity index (χ3n) is 4.94. The van der Waals surface area contributed by atoms with Crippen molar-refractivity contribution < 1.29 is 22.8 Å². The molecular formula is C24H18ClF3N10O2. The molecule has 40 heavy (non-hydrogen) atoms. The number of allylic oxidation sites excluding steroid dienone is 1. The van der Waals surface area contributed by atoms with Gasteiger partial charge in [-0.1, -0.05) is 17.5 Å². The summed E-state index contributed by atoms with van der Waals surface area (Å²) in [7, 11) is 0. The number of benzene rings is 1. The number of hydrogen-bond acceptors (Lipinski definition) is 9. The number of rotatable bonds is 8. The number of aryl methyl sites for hydroxylation is 1. The number of nitriles is 1. The van der Waals surface area contributed by atoms with Crippen LogP contribution in [0.5, 0.6) is 0 Å². The molecule has 16 heteroatoms. The summed E-state index contributed by atoms with van der Waals surface area (Å²) in [6.45, 7) is 0.768. The molecular weight excluding hydrogens is 553 g/mol. The van der Waals surface area contributed by atoms with Crippen molar-refractivity contribution in [1.82, 2.24) is 30.5 Å². The van der Waals surface area contributed by atoms with E-state index in [0.29, 0.717) is 10.2 Å². The summed E-state index contributed by atoms with van der Waals surface area (Å²) >= 11 is 6.12. The molecule has 1 aromatic carbocycles. The monoisotopic (exact) mass is 570 g/mol. The van der Waals surface area contributed by atoms with Crippen molar-refractivity contribution in [1.29, 1.82) is 5.26 Å². The normalized spacial score (nSPS) is 11.9. The van der Waals surface area contributed by atoms with Crippen LogP contribution in [0, 0.1) is 30.6 Å². The number of hydrogen-bond donors (Lipinski definition) is 3. The highest BCUT2D eigenvalue weighted by Gasteiger charge is 2.38. The maximum atomic E-state index is 13.4. The van der Waals surface area contributed by atoms with Gasteiger partial charge in [0.15, 0.2) is 5.82 Å². The molecule has 12 nitrogen and oxygen atoms in total. The lowest BCUT2D eigenvalue weighted by Gasteiger charge is -2.15. The zero-order valence-electron chi connectivity index (χ0n) is 20.5. The van der Waals surface area contributed by atoms with Crippen molar-refractivity contribution in [2.24, 2.45) is 10.7 Å². The molecule has 0 aliphatic carbocycles. The molecule has 0 aliphatic rings. The van der Waals surface area contributed by atoms with Gasteiger partial charge in [0.05, 0.1) is 41.0 Å². The highest BCUT2D eigenvalue weighted by Crippen LogP contribution is 2.27. The summed E-state index contributed by atoms with van der Waals surface area (Å²) in [4.78, 5) is 34.3. The molecule has 0 atom stereocenters. The van der Waals surface area contributed by atoms with Crippen molar-refractivity contribution in [3.05, 3.63) is 69.8 Å². The number of terminal acetylenes is 1. The maximum Gasteiger partial charge on any atom is 0.453 e. The molecule has 2 amide bonds. The van der Waals surface area contributed by atoms with Gasteiger partial charge in [0.25, 0.3) is 17.6 Å². The van der Waals surface area contributed by atoms with Gasteiger partial charge in [-0.05, 0) is 53.3 Å². The molecule has 0 saturated carbocycles. The molecule has 204 valence electrons. The molecule has 0 bridgehead atoms. The molecule has 0 unspecified atom stereocenters. The first-order valence-corrected chi connectivity index (χ1v) is 11.4. The van der Waals surface area contributed by atoms with E-state index >= 15 is 0 Å². The Morgan fingerprint density at radius 2 is 2.10 bits per heavy atom. The average molecular weight is 571 g/mol. The van der Waals surface area contributed by atoms with Crippen LogP contribution in [0.15, 0.2) is 47.2 Å². The minimum atomic E-state index is -4.86. The Morgan fingerprint density at radius 3 is 2.75 bits per heavy atom. The lowest BCUT2D eigenvalue weighted by atomic mass is 10.0. The number of aliphatic imine (C=N–C) groups is 1. The number of tetrazole rings is 1. The molecule has 0 spiro atoms. The number of nitrogens with zero attached hydrogens (tertiary/aromatic N) is 7. The SMILES string of the molecule is C#CCNC(=O)c1cc(C#N)cc(C)c1NC(=O)C(C=C(N)Cn1nnnc1C(F)(F)F)=Nc1ncccc1Cl. The number of carbonyl (C=O) groups is 2. The number of anilines is 1. The van der Waals surface area contributed by atoms with Gasteiger partial charge in [0.1, 0.15) is 5.71 Å². The Labute approximate surface area is 229 Å². The van der Waals surface area contributed by atoms with Crippen LogP contribution in [0.2, 0.25) is 5.02 Å². The number of pyridine rings is 1. The fourth-order valence-electron chi connectivity index (χ4n) is 3.23. The Bertz CT molecular complexity index is 1600. The summed E-state index contributed by atoms with van der Waals surface area (Å²) in [6, 6.07) is 7.57. The second-order valence-electron chi connectivity index (χ2n) is 7.85. The van der Waals surface area contributed by atoms with E-state index in [9.17, 15) is 28.0 Å². The van der Waals surface area contributed by atoms with Crippen molar-refractivity contribution in [2.75, 3.05) is 11.9 Å². The van der Waals surface area contributed by atoms with Crippen molar-refractivity contribution in [2.45, 2.75) is 19.6 Å². The summed E-state index contributed by atoms with van der Waals surface area (Å²) in [5.74, 6) is -0.867. The smallest absolute Gasteiger partial charge is 0.400 e. The largest absolute Gasteiger partial charge is 0.453 e. The molecule has 3 aromatic rings. The summed E-state index contributed by atoms with van der Waals surface area (Å²) in [6.07, 6.45) is 2.68. The second-order valence-corrected chi connectivity index (χ2v) is 8.26. The van der Waals surface area contributed by atoms with Crippen LogP contribution >= 0.6 is 11.6 Å². The number of amides is 2. The van der Waals surface area contributed by atoms with Crippen LogP contribution in [0.3, 0.4) is 0 Å². The van der Waals surface area contributed by atoms with Gasteiger partial charge >= 0.3 is 6.18 Å². The Kier molecular flexibility index (Phi) is 9.16.